The largest absolute Gasteiger partial charge is 0.381 e. The average molecular weight is 348 g/mol. The summed E-state index contributed by atoms with van der Waals surface area (Å²) in [6.07, 6.45) is 6.65. The zero-order chi connectivity index (χ0) is 17.1. The molecule has 1 aromatic heterocycles. The first-order valence-corrected chi connectivity index (χ1v) is 9.55. The minimum atomic E-state index is 0.0825. The molecule has 4 rings (SSSR count). The molecule has 0 aromatic carbocycles. The zero-order valence-electron chi connectivity index (χ0n) is 14.8. The van der Waals surface area contributed by atoms with Gasteiger partial charge < -0.3 is 4.74 Å². The number of carbonyl (C=O) groups is 1. The summed E-state index contributed by atoms with van der Waals surface area (Å²) in [5.41, 5.74) is 1.20. The van der Waals surface area contributed by atoms with Gasteiger partial charge in [-0.15, -0.1) is 0 Å². The maximum Gasteiger partial charge on any atom is 0.248 e. The van der Waals surface area contributed by atoms with E-state index in [9.17, 15) is 4.79 Å². The highest BCUT2D eigenvalue weighted by atomic mass is 16.7. The molecule has 0 spiro atoms. The van der Waals surface area contributed by atoms with Crippen molar-refractivity contribution in [1.29, 1.82) is 0 Å². The highest BCUT2D eigenvalue weighted by Crippen LogP contribution is 2.26. The second-order valence-corrected chi connectivity index (χ2v) is 7.41. The van der Waals surface area contributed by atoms with Crippen LogP contribution in [0.2, 0.25) is 0 Å². The summed E-state index contributed by atoms with van der Waals surface area (Å²) in [7, 11) is 0. The summed E-state index contributed by atoms with van der Waals surface area (Å²) in [5, 5.41) is 6.04. The van der Waals surface area contributed by atoms with E-state index in [2.05, 4.69) is 16.1 Å². The predicted octanol–water partition coefficient (Wildman–Crippen LogP) is 1.61. The fourth-order valence-corrected chi connectivity index (χ4v) is 4.15. The van der Waals surface area contributed by atoms with Crippen LogP contribution in [0.3, 0.4) is 0 Å². The number of rotatable bonds is 4. The topological polar surface area (TPSA) is 59.8 Å². The van der Waals surface area contributed by atoms with Gasteiger partial charge in [0.2, 0.25) is 5.91 Å². The molecule has 0 saturated carbocycles. The van der Waals surface area contributed by atoms with Crippen molar-refractivity contribution in [3.8, 4) is 0 Å². The molecule has 0 N–H and O–H groups in total. The number of aromatic nitrogens is 2. The van der Waals surface area contributed by atoms with Gasteiger partial charge in [0.05, 0.1) is 24.8 Å². The van der Waals surface area contributed by atoms with E-state index in [0.717, 1.165) is 58.5 Å². The van der Waals surface area contributed by atoms with E-state index in [4.69, 9.17) is 9.57 Å². The number of carbonyl (C=O) groups excluding carboxylic acids is 1. The van der Waals surface area contributed by atoms with Gasteiger partial charge in [-0.2, -0.15) is 5.10 Å². The Labute approximate surface area is 148 Å². The van der Waals surface area contributed by atoms with Crippen LogP contribution in [-0.2, 0) is 20.9 Å². The maximum absolute atomic E-state index is 12.6. The molecule has 1 unspecified atom stereocenters. The van der Waals surface area contributed by atoms with E-state index in [0.29, 0.717) is 25.5 Å². The van der Waals surface area contributed by atoms with Crippen molar-refractivity contribution in [2.45, 2.75) is 44.7 Å². The van der Waals surface area contributed by atoms with Crippen molar-refractivity contribution in [2.75, 3.05) is 39.5 Å². The third-order valence-electron chi connectivity index (χ3n) is 5.50. The average Bonchev–Trinajstić information content (AvgIpc) is 3.12. The quantitative estimate of drug-likeness (QED) is 0.827. The number of amides is 1. The van der Waals surface area contributed by atoms with Crippen molar-refractivity contribution in [3.63, 3.8) is 0 Å². The molecule has 3 aliphatic heterocycles. The highest BCUT2D eigenvalue weighted by molar-refractivity contribution is 5.75. The Morgan fingerprint density at radius 1 is 1.24 bits per heavy atom. The van der Waals surface area contributed by atoms with Crippen LogP contribution in [0.1, 0.15) is 43.8 Å². The Hall–Kier alpha value is -1.44. The van der Waals surface area contributed by atoms with Crippen molar-refractivity contribution < 1.29 is 14.4 Å². The van der Waals surface area contributed by atoms with Crippen LogP contribution in [0.25, 0.3) is 0 Å². The van der Waals surface area contributed by atoms with Crippen LogP contribution in [0, 0.1) is 5.92 Å². The SMILES string of the molecule is O=C(CC1CN(CC2CCOCC2)Cc2ccnn21)N1CCCCO1. The van der Waals surface area contributed by atoms with Crippen molar-refractivity contribution >= 4 is 5.91 Å². The van der Waals surface area contributed by atoms with Crippen molar-refractivity contribution in [3.05, 3.63) is 18.0 Å². The number of hydrogen-bond donors (Lipinski definition) is 0. The molecule has 2 fully saturated rings. The molecule has 3 aliphatic rings. The number of fused-ring (bicyclic) bond motifs is 1. The van der Waals surface area contributed by atoms with Gasteiger partial charge in [0.25, 0.3) is 0 Å². The Bertz CT molecular complexity index is 579. The Balaban J connectivity index is 1.40. The van der Waals surface area contributed by atoms with E-state index >= 15 is 0 Å². The minimum absolute atomic E-state index is 0.0825. The lowest BCUT2D eigenvalue weighted by atomic mass is 9.98. The maximum atomic E-state index is 12.6. The normalized spacial score (nSPS) is 25.8. The molecular formula is C18H28N4O3. The van der Waals surface area contributed by atoms with Crippen LogP contribution < -0.4 is 0 Å². The van der Waals surface area contributed by atoms with Gasteiger partial charge in [-0.25, -0.2) is 5.06 Å². The van der Waals surface area contributed by atoms with Crippen LogP contribution in [-0.4, -0.2) is 65.1 Å². The first kappa shape index (κ1) is 17.0. The summed E-state index contributed by atoms with van der Waals surface area (Å²) in [4.78, 5) is 20.6. The van der Waals surface area contributed by atoms with E-state index < -0.39 is 0 Å². The van der Waals surface area contributed by atoms with Crippen molar-refractivity contribution in [2.24, 2.45) is 5.92 Å². The summed E-state index contributed by atoms with van der Waals surface area (Å²) >= 11 is 0. The summed E-state index contributed by atoms with van der Waals surface area (Å²) in [6.45, 7) is 6.01. The van der Waals surface area contributed by atoms with Crippen LogP contribution in [0.15, 0.2) is 12.3 Å². The lowest BCUT2D eigenvalue weighted by molar-refractivity contribution is -0.198. The third-order valence-corrected chi connectivity index (χ3v) is 5.50. The van der Waals surface area contributed by atoms with E-state index in [1.54, 1.807) is 5.06 Å². The molecule has 1 aromatic rings. The number of nitrogens with zero attached hydrogens (tertiary/aromatic N) is 4. The summed E-state index contributed by atoms with van der Waals surface area (Å²) < 4.78 is 7.52. The van der Waals surface area contributed by atoms with Gasteiger partial charge in [0.1, 0.15) is 0 Å². The van der Waals surface area contributed by atoms with Gasteiger partial charge in [0.15, 0.2) is 0 Å². The van der Waals surface area contributed by atoms with Crippen LogP contribution in [0.4, 0.5) is 0 Å². The van der Waals surface area contributed by atoms with E-state index in [-0.39, 0.29) is 11.9 Å². The molecule has 4 heterocycles. The van der Waals surface area contributed by atoms with E-state index in [1.165, 1.54) is 5.69 Å². The highest BCUT2D eigenvalue weighted by Gasteiger charge is 2.31. The number of ether oxygens (including phenoxy) is 1. The van der Waals surface area contributed by atoms with Gasteiger partial charge in [-0.1, -0.05) is 0 Å². The summed E-state index contributed by atoms with van der Waals surface area (Å²) in [6, 6.07) is 2.17. The third kappa shape index (κ3) is 4.04. The molecule has 7 nitrogen and oxygen atoms in total. The number of hydroxylamine groups is 2. The smallest absolute Gasteiger partial charge is 0.248 e. The molecule has 138 valence electrons. The molecule has 0 aliphatic carbocycles. The predicted molar refractivity (Wildman–Crippen MR) is 91.6 cm³/mol. The fraction of sp³-hybridized carbons (Fsp3) is 0.778. The first-order valence-electron chi connectivity index (χ1n) is 9.55. The lowest BCUT2D eigenvalue weighted by Gasteiger charge is -2.37. The molecule has 1 atom stereocenters. The van der Waals surface area contributed by atoms with Gasteiger partial charge in [-0.05, 0) is 37.7 Å². The zero-order valence-corrected chi connectivity index (χ0v) is 14.8. The fourth-order valence-electron chi connectivity index (χ4n) is 4.15. The van der Waals surface area contributed by atoms with E-state index in [1.807, 2.05) is 10.9 Å². The summed E-state index contributed by atoms with van der Waals surface area (Å²) in [5.74, 6) is 0.782. The Kier molecular flexibility index (Phi) is 5.33. The molecule has 0 radical (unpaired) electrons. The molecular weight excluding hydrogens is 320 g/mol. The second-order valence-electron chi connectivity index (χ2n) is 7.41. The standard InChI is InChI=1S/C18H28N4O3/c23-18(21-7-1-2-8-25-21)11-17-14-20(12-15-4-9-24-10-5-15)13-16-3-6-19-22(16)17/h3,6,15,17H,1-2,4-5,7-14H2. The first-order chi connectivity index (χ1) is 12.3. The molecule has 25 heavy (non-hydrogen) atoms. The monoisotopic (exact) mass is 348 g/mol. The van der Waals surface area contributed by atoms with Crippen molar-refractivity contribution in [1.82, 2.24) is 19.7 Å². The Morgan fingerprint density at radius 2 is 2.12 bits per heavy atom. The Morgan fingerprint density at radius 3 is 2.92 bits per heavy atom. The van der Waals surface area contributed by atoms with Gasteiger partial charge in [-0.3, -0.25) is 19.2 Å². The molecule has 0 bridgehead atoms. The van der Waals surface area contributed by atoms with Crippen LogP contribution in [0.5, 0.6) is 0 Å². The molecule has 7 heteroatoms. The second kappa shape index (κ2) is 7.85. The molecule has 1 amide bonds. The van der Waals surface area contributed by atoms with Gasteiger partial charge >= 0.3 is 0 Å². The molecule has 2 saturated heterocycles. The number of hydrogen-bond acceptors (Lipinski definition) is 5. The lowest BCUT2D eigenvalue weighted by Crippen LogP contribution is -2.43. The van der Waals surface area contributed by atoms with Crippen LogP contribution >= 0.6 is 0 Å². The minimum Gasteiger partial charge on any atom is -0.381 e. The van der Waals surface area contributed by atoms with Gasteiger partial charge in [0, 0.05) is 45.6 Å².